The highest BCUT2D eigenvalue weighted by Crippen LogP contribution is 2.10. The Bertz CT molecular complexity index is 382. The Hall–Kier alpha value is -1.04. The number of halogens is 2. The standard InChI is InChI=1S/C11H14ClN3O2.ClH/c12-9-1-2-10(15-7-9)17-4-3-14-11(16)8-5-13-6-8;/h1-2,7-8,13H,3-6H2,(H,14,16);1H. The number of nitrogens with one attached hydrogen (secondary N) is 2. The molecule has 0 aromatic carbocycles. The lowest BCUT2D eigenvalue weighted by molar-refractivity contribution is -0.126. The molecule has 0 atom stereocenters. The fraction of sp³-hybridized carbons (Fsp3) is 0.455. The molecule has 1 saturated heterocycles. The van der Waals surface area contributed by atoms with Crippen molar-refractivity contribution < 1.29 is 9.53 Å². The number of hydrogen-bond acceptors (Lipinski definition) is 4. The number of ether oxygens (including phenoxy) is 1. The second-order valence-electron chi connectivity index (χ2n) is 3.81. The van der Waals surface area contributed by atoms with Gasteiger partial charge < -0.3 is 15.4 Å². The van der Waals surface area contributed by atoms with Crippen LogP contribution in [-0.2, 0) is 4.79 Å². The van der Waals surface area contributed by atoms with Gasteiger partial charge in [-0.05, 0) is 6.07 Å². The van der Waals surface area contributed by atoms with Crippen molar-refractivity contribution in [1.82, 2.24) is 15.6 Å². The Morgan fingerprint density at radius 1 is 1.56 bits per heavy atom. The van der Waals surface area contributed by atoms with Crippen LogP contribution in [-0.4, -0.2) is 37.1 Å². The van der Waals surface area contributed by atoms with Crippen LogP contribution >= 0.6 is 24.0 Å². The van der Waals surface area contributed by atoms with Gasteiger partial charge in [0, 0.05) is 25.4 Å². The third-order valence-electron chi connectivity index (χ3n) is 2.50. The van der Waals surface area contributed by atoms with Crippen LogP contribution in [0.25, 0.3) is 0 Å². The van der Waals surface area contributed by atoms with E-state index in [1.807, 2.05) is 0 Å². The van der Waals surface area contributed by atoms with Gasteiger partial charge in [-0.2, -0.15) is 0 Å². The fourth-order valence-electron chi connectivity index (χ4n) is 1.40. The van der Waals surface area contributed by atoms with E-state index in [1.54, 1.807) is 12.1 Å². The maximum atomic E-state index is 11.4. The summed E-state index contributed by atoms with van der Waals surface area (Å²) in [5.41, 5.74) is 0. The van der Waals surface area contributed by atoms with Gasteiger partial charge in [0.2, 0.25) is 11.8 Å². The van der Waals surface area contributed by atoms with Crippen molar-refractivity contribution in [3.63, 3.8) is 0 Å². The average molecular weight is 292 g/mol. The van der Waals surface area contributed by atoms with Gasteiger partial charge in [-0.25, -0.2) is 4.98 Å². The summed E-state index contributed by atoms with van der Waals surface area (Å²) in [6.45, 7) is 2.43. The van der Waals surface area contributed by atoms with Crippen molar-refractivity contribution >= 4 is 29.9 Å². The molecular formula is C11H15Cl2N3O2. The fourth-order valence-corrected chi connectivity index (χ4v) is 1.51. The number of nitrogens with zero attached hydrogens (tertiary/aromatic N) is 1. The van der Waals surface area contributed by atoms with Crippen LogP contribution in [0.2, 0.25) is 5.02 Å². The average Bonchev–Trinajstić information content (AvgIpc) is 2.24. The number of carbonyl (C=O) groups excluding carboxylic acids is 1. The monoisotopic (exact) mass is 291 g/mol. The molecule has 1 amide bonds. The predicted molar refractivity (Wildman–Crippen MR) is 71.4 cm³/mol. The molecule has 100 valence electrons. The largest absolute Gasteiger partial charge is 0.476 e. The second-order valence-corrected chi connectivity index (χ2v) is 4.25. The van der Waals surface area contributed by atoms with Crippen LogP contribution in [0.3, 0.4) is 0 Å². The summed E-state index contributed by atoms with van der Waals surface area (Å²) in [5, 5.41) is 6.43. The molecule has 2 rings (SSSR count). The molecule has 0 radical (unpaired) electrons. The third kappa shape index (κ3) is 4.33. The van der Waals surface area contributed by atoms with Crippen LogP contribution in [0.5, 0.6) is 5.88 Å². The van der Waals surface area contributed by atoms with Crippen molar-refractivity contribution in [3.05, 3.63) is 23.4 Å². The number of hydrogen-bond donors (Lipinski definition) is 2. The molecule has 0 aliphatic carbocycles. The molecule has 7 heteroatoms. The Morgan fingerprint density at radius 2 is 2.33 bits per heavy atom. The minimum absolute atomic E-state index is 0. The Balaban J connectivity index is 0.00000162. The van der Waals surface area contributed by atoms with E-state index in [2.05, 4.69) is 15.6 Å². The molecule has 1 aromatic heterocycles. The van der Waals surface area contributed by atoms with Gasteiger partial charge in [0.1, 0.15) is 6.61 Å². The molecule has 1 fully saturated rings. The molecule has 1 aliphatic heterocycles. The van der Waals surface area contributed by atoms with Crippen molar-refractivity contribution in [2.75, 3.05) is 26.2 Å². The minimum atomic E-state index is 0. The summed E-state index contributed by atoms with van der Waals surface area (Å²) in [6, 6.07) is 3.41. The first-order chi connectivity index (χ1) is 8.25. The zero-order valence-corrected chi connectivity index (χ0v) is 11.3. The highest BCUT2D eigenvalue weighted by Gasteiger charge is 2.24. The summed E-state index contributed by atoms with van der Waals surface area (Å²) < 4.78 is 5.34. The summed E-state index contributed by atoms with van der Waals surface area (Å²) in [7, 11) is 0. The van der Waals surface area contributed by atoms with E-state index in [4.69, 9.17) is 16.3 Å². The molecule has 1 aromatic rings. The van der Waals surface area contributed by atoms with E-state index in [0.29, 0.717) is 24.1 Å². The zero-order chi connectivity index (χ0) is 12.1. The second kappa shape index (κ2) is 7.41. The lowest BCUT2D eigenvalue weighted by Crippen LogP contribution is -2.51. The summed E-state index contributed by atoms with van der Waals surface area (Å²) >= 11 is 5.69. The Morgan fingerprint density at radius 3 is 2.89 bits per heavy atom. The quantitative estimate of drug-likeness (QED) is 0.791. The number of pyridine rings is 1. The maximum Gasteiger partial charge on any atom is 0.225 e. The molecule has 18 heavy (non-hydrogen) atoms. The van der Waals surface area contributed by atoms with Crippen LogP contribution in [0.15, 0.2) is 18.3 Å². The molecule has 5 nitrogen and oxygen atoms in total. The maximum absolute atomic E-state index is 11.4. The molecule has 0 unspecified atom stereocenters. The zero-order valence-electron chi connectivity index (χ0n) is 9.69. The van der Waals surface area contributed by atoms with E-state index < -0.39 is 0 Å². The van der Waals surface area contributed by atoms with Gasteiger partial charge in [-0.3, -0.25) is 4.79 Å². The highest BCUT2D eigenvalue weighted by molar-refractivity contribution is 6.30. The van der Waals surface area contributed by atoms with Gasteiger partial charge in [0.05, 0.1) is 17.5 Å². The third-order valence-corrected chi connectivity index (χ3v) is 2.73. The first-order valence-electron chi connectivity index (χ1n) is 5.48. The topological polar surface area (TPSA) is 63.2 Å². The van der Waals surface area contributed by atoms with Crippen LogP contribution < -0.4 is 15.4 Å². The number of carbonyl (C=O) groups is 1. The molecule has 1 aliphatic rings. The Kier molecular flexibility index (Phi) is 6.18. The van der Waals surface area contributed by atoms with Crippen molar-refractivity contribution in [1.29, 1.82) is 0 Å². The van der Waals surface area contributed by atoms with Gasteiger partial charge in [-0.15, -0.1) is 12.4 Å². The van der Waals surface area contributed by atoms with Crippen molar-refractivity contribution in [2.45, 2.75) is 0 Å². The lowest BCUT2D eigenvalue weighted by Gasteiger charge is -2.25. The lowest BCUT2D eigenvalue weighted by atomic mass is 10.0. The molecular weight excluding hydrogens is 277 g/mol. The molecule has 2 heterocycles. The SMILES string of the molecule is Cl.O=C(NCCOc1ccc(Cl)cn1)C1CNC1. The highest BCUT2D eigenvalue weighted by atomic mass is 35.5. The van der Waals surface area contributed by atoms with Gasteiger partial charge >= 0.3 is 0 Å². The van der Waals surface area contributed by atoms with Crippen molar-refractivity contribution in [3.8, 4) is 5.88 Å². The number of amides is 1. The number of aromatic nitrogens is 1. The van der Waals surface area contributed by atoms with Crippen molar-refractivity contribution in [2.24, 2.45) is 5.92 Å². The van der Waals surface area contributed by atoms with Crippen LogP contribution in [0.1, 0.15) is 0 Å². The molecule has 0 spiro atoms. The molecule has 2 N–H and O–H groups in total. The number of rotatable bonds is 5. The smallest absolute Gasteiger partial charge is 0.225 e. The van der Waals surface area contributed by atoms with Gasteiger partial charge in [0.25, 0.3) is 0 Å². The molecule has 0 saturated carbocycles. The van der Waals surface area contributed by atoms with Gasteiger partial charge in [-0.1, -0.05) is 11.6 Å². The first kappa shape index (κ1) is 15.0. The predicted octanol–water partition coefficient (Wildman–Crippen LogP) is 0.871. The molecule has 0 bridgehead atoms. The van der Waals surface area contributed by atoms with Crippen LogP contribution in [0, 0.1) is 5.92 Å². The normalized spacial score (nSPS) is 14.3. The summed E-state index contributed by atoms with van der Waals surface area (Å²) in [5.74, 6) is 0.703. The van der Waals surface area contributed by atoms with E-state index in [0.717, 1.165) is 13.1 Å². The van der Waals surface area contributed by atoms with Gasteiger partial charge in [0.15, 0.2) is 0 Å². The van der Waals surface area contributed by atoms with E-state index in [9.17, 15) is 4.79 Å². The first-order valence-corrected chi connectivity index (χ1v) is 5.86. The summed E-state index contributed by atoms with van der Waals surface area (Å²) in [6.07, 6.45) is 1.52. The van der Waals surface area contributed by atoms with E-state index >= 15 is 0 Å². The van der Waals surface area contributed by atoms with E-state index in [1.165, 1.54) is 6.20 Å². The Labute approximate surface area is 117 Å². The van der Waals surface area contributed by atoms with Crippen LogP contribution in [0.4, 0.5) is 0 Å². The van der Waals surface area contributed by atoms with E-state index in [-0.39, 0.29) is 24.2 Å². The summed E-state index contributed by atoms with van der Waals surface area (Å²) in [4.78, 5) is 15.4. The minimum Gasteiger partial charge on any atom is -0.476 e.